The van der Waals surface area contributed by atoms with Gasteiger partial charge in [-0.25, -0.2) is 4.39 Å². The van der Waals surface area contributed by atoms with Crippen LogP contribution in [0.3, 0.4) is 0 Å². The normalized spacial score (nSPS) is 55.2. The predicted octanol–water partition coefficient (Wildman–Crippen LogP) is 4.93. The smallest absolute Gasteiger partial charge is 0.133 e. The van der Waals surface area contributed by atoms with E-state index in [0.717, 1.165) is 25.2 Å². The summed E-state index contributed by atoms with van der Waals surface area (Å²) in [6, 6.07) is 0. The Balaban J connectivity index is 1.59. The van der Waals surface area contributed by atoms with E-state index in [1.165, 1.54) is 25.7 Å². The quantitative estimate of drug-likeness (QED) is 0.766. The molecule has 4 fully saturated rings. The van der Waals surface area contributed by atoms with Gasteiger partial charge >= 0.3 is 0 Å². The monoisotopic (exact) mass is 350 g/mol. The second-order valence-electron chi connectivity index (χ2n) is 10.5. The van der Waals surface area contributed by atoms with Gasteiger partial charge in [-0.3, -0.25) is 4.79 Å². The van der Waals surface area contributed by atoms with Gasteiger partial charge in [-0.1, -0.05) is 13.8 Å². The van der Waals surface area contributed by atoms with E-state index in [0.29, 0.717) is 36.4 Å². The van der Waals surface area contributed by atoms with Crippen LogP contribution in [0.25, 0.3) is 0 Å². The number of carbonyl (C=O) groups excluding carboxylic acids is 1. The Hall–Kier alpha value is -0.440. The zero-order valence-corrected chi connectivity index (χ0v) is 16.2. The molecule has 0 aliphatic heterocycles. The van der Waals surface area contributed by atoms with E-state index in [1.54, 1.807) is 6.92 Å². The van der Waals surface area contributed by atoms with Crippen LogP contribution in [-0.2, 0) is 4.79 Å². The van der Waals surface area contributed by atoms with Crippen LogP contribution in [0, 0.1) is 40.4 Å². The molecule has 4 saturated carbocycles. The standard InChI is InChI=1S/C22H35FO2/c1-14(24)17-6-7-18-16-5-4-15-12-22(25,13-23)11-10-20(15,2)19(16)8-9-21(17,18)3/h15-19,25H,4-13H2,1-3H3/t15?,16-,17+,18-,19-,20-,21+,22?/m0/s1. The maximum Gasteiger partial charge on any atom is 0.133 e. The van der Waals surface area contributed by atoms with Crippen molar-refractivity contribution in [2.75, 3.05) is 6.67 Å². The maximum absolute atomic E-state index is 13.3. The lowest BCUT2D eigenvalue weighted by Crippen LogP contribution is -2.56. The summed E-state index contributed by atoms with van der Waals surface area (Å²) in [5.41, 5.74) is -0.586. The topological polar surface area (TPSA) is 37.3 Å². The summed E-state index contributed by atoms with van der Waals surface area (Å²) in [4.78, 5) is 12.2. The Morgan fingerprint density at radius 3 is 2.40 bits per heavy atom. The van der Waals surface area contributed by atoms with Crippen molar-refractivity contribution in [3.05, 3.63) is 0 Å². The molecule has 25 heavy (non-hydrogen) atoms. The largest absolute Gasteiger partial charge is 0.387 e. The lowest BCUT2D eigenvalue weighted by atomic mass is 9.44. The molecule has 0 radical (unpaired) electrons. The first kappa shape index (κ1) is 17.9. The number of alkyl halides is 1. The molecule has 0 aromatic heterocycles. The van der Waals surface area contributed by atoms with Crippen molar-refractivity contribution in [2.45, 2.75) is 84.2 Å². The van der Waals surface area contributed by atoms with Gasteiger partial charge in [0, 0.05) is 5.92 Å². The molecule has 3 heteroatoms. The lowest BCUT2D eigenvalue weighted by Gasteiger charge is -2.61. The first-order valence-electron chi connectivity index (χ1n) is 10.5. The van der Waals surface area contributed by atoms with E-state index in [-0.39, 0.29) is 16.7 Å². The Kier molecular flexibility index (Phi) is 4.15. The van der Waals surface area contributed by atoms with Crippen molar-refractivity contribution >= 4 is 5.78 Å². The molecule has 142 valence electrons. The molecule has 4 aliphatic carbocycles. The summed E-state index contributed by atoms with van der Waals surface area (Å²) in [7, 11) is 0. The van der Waals surface area contributed by atoms with Crippen LogP contribution < -0.4 is 0 Å². The molecule has 2 unspecified atom stereocenters. The highest BCUT2D eigenvalue weighted by molar-refractivity contribution is 5.79. The molecule has 0 spiro atoms. The zero-order valence-electron chi connectivity index (χ0n) is 16.2. The minimum absolute atomic E-state index is 0.213. The first-order valence-corrected chi connectivity index (χ1v) is 10.5. The number of fused-ring (bicyclic) bond motifs is 5. The highest BCUT2D eigenvalue weighted by atomic mass is 19.1. The summed E-state index contributed by atoms with van der Waals surface area (Å²) >= 11 is 0. The van der Waals surface area contributed by atoms with Crippen LogP contribution in [0.15, 0.2) is 0 Å². The highest BCUT2D eigenvalue weighted by Crippen LogP contribution is 2.68. The molecule has 0 aromatic carbocycles. The van der Waals surface area contributed by atoms with E-state index in [1.807, 2.05) is 0 Å². The van der Waals surface area contributed by atoms with Crippen molar-refractivity contribution in [3.8, 4) is 0 Å². The number of Topliss-reactive ketones (excluding diaryl/α,β-unsaturated/α-hetero) is 1. The molecule has 0 aromatic rings. The molecule has 0 bridgehead atoms. The van der Waals surface area contributed by atoms with Crippen LogP contribution in [-0.4, -0.2) is 23.2 Å². The summed E-state index contributed by atoms with van der Waals surface area (Å²) < 4.78 is 13.3. The summed E-state index contributed by atoms with van der Waals surface area (Å²) in [6.07, 6.45) is 9.31. The van der Waals surface area contributed by atoms with Gasteiger partial charge in [0.1, 0.15) is 12.5 Å². The van der Waals surface area contributed by atoms with Gasteiger partial charge in [-0.15, -0.1) is 0 Å². The van der Waals surface area contributed by atoms with Gasteiger partial charge in [0.25, 0.3) is 0 Å². The van der Waals surface area contributed by atoms with Crippen molar-refractivity contribution in [1.82, 2.24) is 0 Å². The van der Waals surface area contributed by atoms with Crippen LogP contribution in [0.5, 0.6) is 0 Å². The molecular weight excluding hydrogens is 315 g/mol. The van der Waals surface area contributed by atoms with Crippen LogP contribution >= 0.6 is 0 Å². The summed E-state index contributed by atoms with van der Waals surface area (Å²) in [5.74, 6) is 3.28. The van der Waals surface area contributed by atoms with E-state index in [4.69, 9.17) is 0 Å². The minimum Gasteiger partial charge on any atom is -0.387 e. The summed E-state index contributed by atoms with van der Waals surface area (Å²) in [5, 5.41) is 10.5. The second-order valence-corrected chi connectivity index (χ2v) is 10.5. The third-order valence-corrected chi connectivity index (χ3v) is 9.56. The first-order chi connectivity index (χ1) is 11.7. The summed E-state index contributed by atoms with van der Waals surface area (Å²) in [6.45, 7) is 6.03. The van der Waals surface area contributed by atoms with Gasteiger partial charge in [0.2, 0.25) is 0 Å². The number of carbonyl (C=O) groups is 1. The zero-order chi connectivity index (χ0) is 18.0. The molecule has 1 N–H and O–H groups in total. The van der Waals surface area contributed by atoms with E-state index in [9.17, 15) is 14.3 Å². The van der Waals surface area contributed by atoms with Crippen LogP contribution in [0.2, 0.25) is 0 Å². The van der Waals surface area contributed by atoms with E-state index in [2.05, 4.69) is 13.8 Å². The molecule has 2 nitrogen and oxygen atoms in total. The van der Waals surface area contributed by atoms with Crippen molar-refractivity contribution in [3.63, 3.8) is 0 Å². The second kappa shape index (κ2) is 5.78. The fourth-order valence-electron chi connectivity index (χ4n) is 8.11. The Labute approximate surface area is 152 Å². The number of hydrogen-bond acceptors (Lipinski definition) is 2. The highest BCUT2D eigenvalue weighted by Gasteiger charge is 2.61. The average molecular weight is 351 g/mol. The van der Waals surface area contributed by atoms with E-state index >= 15 is 0 Å². The fraction of sp³-hybridized carbons (Fsp3) is 0.955. The fourth-order valence-corrected chi connectivity index (χ4v) is 8.11. The van der Waals surface area contributed by atoms with Crippen molar-refractivity contribution < 1.29 is 14.3 Å². The van der Waals surface area contributed by atoms with E-state index < -0.39 is 12.3 Å². The van der Waals surface area contributed by atoms with Crippen molar-refractivity contribution in [1.29, 1.82) is 0 Å². The van der Waals surface area contributed by atoms with Gasteiger partial charge in [-0.2, -0.15) is 0 Å². The van der Waals surface area contributed by atoms with Gasteiger partial charge in [0.15, 0.2) is 0 Å². The maximum atomic E-state index is 13.3. The number of hydrogen-bond donors (Lipinski definition) is 1. The number of aliphatic hydroxyl groups is 1. The third kappa shape index (κ3) is 2.47. The molecule has 8 atom stereocenters. The predicted molar refractivity (Wildman–Crippen MR) is 96.8 cm³/mol. The average Bonchev–Trinajstić information content (AvgIpc) is 2.93. The molecule has 4 rings (SSSR count). The van der Waals surface area contributed by atoms with Crippen LogP contribution in [0.1, 0.15) is 78.6 Å². The van der Waals surface area contributed by atoms with Crippen molar-refractivity contribution in [2.24, 2.45) is 40.4 Å². The Morgan fingerprint density at radius 1 is 1.00 bits per heavy atom. The molecule has 4 aliphatic rings. The molecular formula is C22H35FO2. The molecule has 0 amide bonds. The molecule has 0 heterocycles. The number of halogens is 1. The van der Waals surface area contributed by atoms with Gasteiger partial charge in [-0.05, 0) is 99.2 Å². The molecule has 0 saturated heterocycles. The number of ketones is 1. The Morgan fingerprint density at radius 2 is 1.72 bits per heavy atom. The Bertz CT molecular complexity index is 562. The third-order valence-electron chi connectivity index (χ3n) is 9.56. The van der Waals surface area contributed by atoms with Gasteiger partial charge in [0.05, 0.1) is 5.60 Å². The van der Waals surface area contributed by atoms with Crippen LogP contribution in [0.4, 0.5) is 4.39 Å². The number of rotatable bonds is 2. The van der Waals surface area contributed by atoms with Gasteiger partial charge < -0.3 is 5.11 Å². The lowest BCUT2D eigenvalue weighted by molar-refractivity contribution is -0.156. The minimum atomic E-state index is -1.06. The SMILES string of the molecule is CC(=O)[C@H]1CC[C@H]2[C@@H]3CCC4CC(O)(CF)CC[C@]4(C)[C@H]3CC[C@]12C.